The number of hydrogen-bond donors (Lipinski definition) is 1. The summed E-state index contributed by atoms with van der Waals surface area (Å²) >= 11 is 0. The normalized spacial score (nSPS) is 17.5. The van der Waals surface area contributed by atoms with Crippen LogP contribution >= 0.6 is 24.0 Å². The van der Waals surface area contributed by atoms with Crippen LogP contribution in [-0.4, -0.2) is 51.3 Å². The van der Waals surface area contributed by atoms with E-state index in [0.717, 1.165) is 43.5 Å². The molecule has 0 amide bonds. The van der Waals surface area contributed by atoms with Crippen LogP contribution in [0, 0.1) is 5.92 Å². The first kappa shape index (κ1) is 20.0. The number of rotatable bonds is 6. The molecule has 0 saturated carbocycles. The molecule has 1 aliphatic rings. The van der Waals surface area contributed by atoms with E-state index in [4.69, 9.17) is 9.47 Å². The van der Waals surface area contributed by atoms with Gasteiger partial charge in [-0.3, -0.25) is 4.99 Å². The smallest absolute Gasteiger partial charge is 0.193 e. The molecule has 1 aliphatic heterocycles. The molecule has 1 unspecified atom stereocenters. The van der Waals surface area contributed by atoms with Crippen LogP contribution in [0.3, 0.4) is 0 Å². The van der Waals surface area contributed by atoms with E-state index in [1.54, 1.807) is 0 Å². The van der Waals surface area contributed by atoms with Crippen molar-refractivity contribution in [3.8, 4) is 5.75 Å². The van der Waals surface area contributed by atoms with Crippen molar-refractivity contribution in [1.82, 2.24) is 10.2 Å². The highest BCUT2D eigenvalue weighted by Crippen LogP contribution is 2.18. The van der Waals surface area contributed by atoms with Gasteiger partial charge in [-0.15, -0.1) is 24.0 Å². The van der Waals surface area contributed by atoms with Gasteiger partial charge in [0.05, 0.1) is 13.2 Å². The Bertz CT molecular complexity index is 490. The fourth-order valence-electron chi connectivity index (χ4n) is 2.71. The van der Waals surface area contributed by atoms with Crippen LogP contribution in [-0.2, 0) is 11.3 Å². The van der Waals surface area contributed by atoms with Gasteiger partial charge in [0.1, 0.15) is 5.75 Å². The van der Waals surface area contributed by atoms with E-state index in [2.05, 4.69) is 28.3 Å². The maximum Gasteiger partial charge on any atom is 0.193 e. The summed E-state index contributed by atoms with van der Waals surface area (Å²) in [4.78, 5) is 6.54. The van der Waals surface area contributed by atoms with E-state index in [0.29, 0.717) is 19.1 Å². The van der Waals surface area contributed by atoms with Crippen LogP contribution in [0.25, 0.3) is 0 Å². The average molecular weight is 433 g/mol. The lowest BCUT2D eigenvalue weighted by Gasteiger charge is -2.24. The van der Waals surface area contributed by atoms with Crippen LogP contribution in [0.1, 0.15) is 18.9 Å². The zero-order valence-electron chi connectivity index (χ0n) is 14.2. The van der Waals surface area contributed by atoms with E-state index >= 15 is 0 Å². The number of hydrogen-bond acceptors (Lipinski definition) is 3. The van der Waals surface area contributed by atoms with Crippen molar-refractivity contribution in [2.45, 2.75) is 19.9 Å². The summed E-state index contributed by atoms with van der Waals surface area (Å²) in [6.45, 7) is 6.08. The highest BCUT2D eigenvalue weighted by Gasteiger charge is 2.19. The van der Waals surface area contributed by atoms with E-state index in [-0.39, 0.29) is 24.0 Å². The molecule has 1 atom stereocenters. The summed E-state index contributed by atoms with van der Waals surface area (Å²) in [6.07, 6.45) is 1.13. The largest absolute Gasteiger partial charge is 0.494 e. The number of para-hydroxylation sites is 1. The number of ether oxygens (including phenoxy) is 2. The Morgan fingerprint density at radius 2 is 2.22 bits per heavy atom. The lowest BCUT2D eigenvalue weighted by atomic mass is 10.1. The van der Waals surface area contributed by atoms with Crippen molar-refractivity contribution < 1.29 is 9.47 Å². The molecule has 6 heteroatoms. The standard InChI is InChI=1S/C17H27N3O2.HI/c1-4-22-16-8-6-5-7-15(16)11-19-17(18-2)20(3)12-14-9-10-21-13-14;/h5-8,14H,4,9-13H2,1-3H3,(H,18,19);1H. The quantitative estimate of drug-likeness (QED) is 0.426. The Hall–Kier alpha value is -1.02. The predicted molar refractivity (Wildman–Crippen MR) is 105 cm³/mol. The SMILES string of the molecule is CCOc1ccccc1CNC(=NC)N(C)CC1CCOC1.I. The number of aliphatic imine (C=N–C) groups is 1. The van der Waals surface area contributed by atoms with Crippen molar-refractivity contribution in [2.24, 2.45) is 10.9 Å². The fourth-order valence-corrected chi connectivity index (χ4v) is 2.71. The topological polar surface area (TPSA) is 46.1 Å². The molecule has 0 aromatic heterocycles. The van der Waals surface area contributed by atoms with E-state index in [1.807, 2.05) is 32.2 Å². The third kappa shape index (κ3) is 6.18. The molecule has 0 radical (unpaired) electrons. The molecule has 1 fully saturated rings. The highest BCUT2D eigenvalue weighted by molar-refractivity contribution is 14.0. The summed E-state index contributed by atoms with van der Waals surface area (Å²) < 4.78 is 11.1. The van der Waals surface area contributed by atoms with Gasteiger partial charge in [-0.2, -0.15) is 0 Å². The number of nitrogens with zero attached hydrogens (tertiary/aromatic N) is 2. The first-order valence-corrected chi connectivity index (χ1v) is 7.94. The monoisotopic (exact) mass is 433 g/mol. The lowest BCUT2D eigenvalue weighted by molar-refractivity contribution is 0.181. The van der Waals surface area contributed by atoms with Crippen molar-refractivity contribution >= 4 is 29.9 Å². The van der Waals surface area contributed by atoms with Crippen molar-refractivity contribution in [3.05, 3.63) is 29.8 Å². The van der Waals surface area contributed by atoms with Crippen molar-refractivity contribution in [2.75, 3.05) is 40.5 Å². The molecule has 1 aromatic rings. The van der Waals surface area contributed by atoms with Crippen LogP contribution in [0.5, 0.6) is 5.75 Å². The minimum Gasteiger partial charge on any atom is -0.494 e. The van der Waals surface area contributed by atoms with Gasteiger partial charge in [-0.05, 0) is 19.4 Å². The van der Waals surface area contributed by atoms with Crippen LogP contribution < -0.4 is 10.1 Å². The lowest BCUT2D eigenvalue weighted by Crippen LogP contribution is -2.41. The Labute approximate surface area is 156 Å². The Kier molecular flexibility index (Phi) is 9.31. The Balaban J connectivity index is 0.00000264. The maximum absolute atomic E-state index is 5.66. The van der Waals surface area contributed by atoms with E-state index in [1.165, 1.54) is 0 Å². The van der Waals surface area contributed by atoms with Crippen molar-refractivity contribution in [3.63, 3.8) is 0 Å². The van der Waals surface area contributed by atoms with E-state index < -0.39 is 0 Å². The molecule has 1 aromatic carbocycles. The number of guanidine groups is 1. The van der Waals surface area contributed by atoms with Gasteiger partial charge >= 0.3 is 0 Å². The third-order valence-corrected chi connectivity index (χ3v) is 3.84. The van der Waals surface area contributed by atoms with Crippen LogP contribution in [0.2, 0.25) is 0 Å². The molecule has 1 N–H and O–H groups in total. The molecule has 0 aliphatic carbocycles. The van der Waals surface area contributed by atoms with Gasteiger partial charge in [-0.25, -0.2) is 0 Å². The summed E-state index contributed by atoms with van der Waals surface area (Å²) in [5, 5.41) is 3.41. The first-order valence-electron chi connectivity index (χ1n) is 7.94. The molecular weight excluding hydrogens is 405 g/mol. The molecule has 1 heterocycles. The van der Waals surface area contributed by atoms with Crippen LogP contribution in [0.4, 0.5) is 0 Å². The number of halogens is 1. The summed E-state index contributed by atoms with van der Waals surface area (Å²) in [5.74, 6) is 2.43. The number of nitrogens with one attached hydrogen (secondary N) is 1. The molecule has 23 heavy (non-hydrogen) atoms. The summed E-state index contributed by atoms with van der Waals surface area (Å²) in [6, 6.07) is 8.11. The second kappa shape index (κ2) is 10.7. The molecule has 130 valence electrons. The van der Waals surface area contributed by atoms with Gasteiger partial charge in [0.25, 0.3) is 0 Å². The molecule has 0 spiro atoms. The van der Waals surface area contributed by atoms with Crippen LogP contribution in [0.15, 0.2) is 29.3 Å². The molecule has 2 rings (SSSR count). The number of benzene rings is 1. The molecule has 0 bridgehead atoms. The van der Waals surface area contributed by atoms with Gasteiger partial charge in [0.2, 0.25) is 0 Å². The fraction of sp³-hybridized carbons (Fsp3) is 0.588. The van der Waals surface area contributed by atoms with Gasteiger partial charge in [-0.1, -0.05) is 18.2 Å². The molecule has 1 saturated heterocycles. The second-order valence-corrected chi connectivity index (χ2v) is 5.55. The average Bonchev–Trinajstić information content (AvgIpc) is 3.02. The third-order valence-electron chi connectivity index (χ3n) is 3.84. The van der Waals surface area contributed by atoms with E-state index in [9.17, 15) is 0 Å². The summed E-state index contributed by atoms with van der Waals surface area (Å²) in [5.41, 5.74) is 1.14. The minimum absolute atomic E-state index is 0. The first-order chi connectivity index (χ1) is 10.7. The Morgan fingerprint density at radius 3 is 2.87 bits per heavy atom. The predicted octanol–water partition coefficient (Wildman–Crippen LogP) is 2.75. The second-order valence-electron chi connectivity index (χ2n) is 5.55. The van der Waals surface area contributed by atoms with Gasteiger partial charge in [0, 0.05) is 45.3 Å². The van der Waals surface area contributed by atoms with Gasteiger partial charge in [0.15, 0.2) is 5.96 Å². The molecular formula is C17H28IN3O2. The zero-order chi connectivity index (χ0) is 15.8. The van der Waals surface area contributed by atoms with Gasteiger partial charge < -0.3 is 19.7 Å². The maximum atomic E-state index is 5.66. The molecule has 5 nitrogen and oxygen atoms in total. The van der Waals surface area contributed by atoms with Crippen molar-refractivity contribution in [1.29, 1.82) is 0 Å². The summed E-state index contributed by atoms with van der Waals surface area (Å²) in [7, 11) is 3.89. The minimum atomic E-state index is 0. The highest BCUT2D eigenvalue weighted by atomic mass is 127. The Morgan fingerprint density at radius 1 is 1.43 bits per heavy atom. The zero-order valence-corrected chi connectivity index (χ0v) is 16.6.